The van der Waals surface area contributed by atoms with Gasteiger partial charge in [0.2, 0.25) is 0 Å². The van der Waals surface area contributed by atoms with Crippen LogP contribution in [0.1, 0.15) is 46.0 Å². The van der Waals surface area contributed by atoms with Gasteiger partial charge in [0, 0.05) is 24.7 Å². The van der Waals surface area contributed by atoms with Gasteiger partial charge in [-0.2, -0.15) is 0 Å². The van der Waals surface area contributed by atoms with Gasteiger partial charge in [0.25, 0.3) is 0 Å². The molecule has 0 aromatic rings. The largest absolute Gasteiger partial charge is 0.326 e. The first-order valence-electron chi connectivity index (χ1n) is 7.22. The summed E-state index contributed by atoms with van der Waals surface area (Å²) in [6.07, 6.45) is 6.52. The van der Waals surface area contributed by atoms with Gasteiger partial charge in [0.15, 0.2) is 0 Å². The minimum Gasteiger partial charge on any atom is -0.326 e. The van der Waals surface area contributed by atoms with Crippen molar-refractivity contribution in [2.45, 2.75) is 64.1 Å². The maximum atomic E-state index is 6.37. The third kappa shape index (κ3) is 4.57. The molecule has 1 fully saturated rings. The lowest BCUT2D eigenvalue weighted by molar-refractivity contribution is 0.105. The van der Waals surface area contributed by atoms with Gasteiger partial charge in [-0.15, -0.1) is 0 Å². The van der Waals surface area contributed by atoms with Gasteiger partial charge in [-0.25, -0.2) is 0 Å². The number of hydrogen-bond acceptors (Lipinski definition) is 3. The Labute approximate surface area is 107 Å². The Morgan fingerprint density at radius 2 is 1.82 bits per heavy atom. The van der Waals surface area contributed by atoms with Gasteiger partial charge in [-0.05, 0) is 40.4 Å². The van der Waals surface area contributed by atoms with Crippen molar-refractivity contribution in [2.24, 2.45) is 5.73 Å². The third-order valence-electron chi connectivity index (χ3n) is 4.02. The molecular weight excluding hydrogens is 210 g/mol. The highest BCUT2D eigenvalue weighted by atomic mass is 15.2. The maximum absolute atomic E-state index is 6.37. The molecule has 0 aromatic carbocycles. The summed E-state index contributed by atoms with van der Waals surface area (Å²) in [5.74, 6) is 0. The fourth-order valence-corrected chi connectivity index (χ4v) is 3.23. The molecule has 0 radical (unpaired) electrons. The normalized spacial score (nSPS) is 28.4. The van der Waals surface area contributed by atoms with Crippen LogP contribution in [0.5, 0.6) is 0 Å². The maximum Gasteiger partial charge on any atom is 0.0250 e. The average molecular weight is 241 g/mol. The first kappa shape index (κ1) is 14.9. The van der Waals surface area contributed by atoms with Crippen molar-refractivity contribution >= 4 is 0 Å². The number of likely N-dealkylation sites (N-methyl/N-ethyl adjacent to an activating group) is 2. The van der Waals surface area contributed by atoms with Gasteiger partial charge in [-0.1, -0.05) is 26.2 Å². The molecule has 0 aromatic heterocycles. The van der Waals surface area contributed by atoms with E-state index in [-0.39, 0.29) is 0 Å². The zero-order valence-corrected chi connectivity index (χ0v) is 12.2. The van der Waals surface area contributed by atoms with E-state index in [1.807, 2.05) is 0 Å². The Bertz CT molecular complexity index is 206. The van der Waals surface area contributed by atoms with E-state index >= 15 is 0 Å². The predicted octanol–water partition coefficient (Wildman–Crippen LogP) is 1.92. The SMILES string of the molecule is CCN(C(C)CN(C)C)C1CCCCCC1N. The van der Waals surface area contributed by atoms with Crippen LogP contribution in [0.4, 0.5) is 0 Å². The van der Waals surface area contributed by atoms with Crippen molar-refractivity contribution in [1.29, 1.82) is 0 Å². The van der Waals surface area contributed by atoms with E-state index in [9.17, 15) is 0 Å². The highest BCUT2D eigenvalue weighted by Crippen LogP contribution is 2.22. The van der Waals surface area contributed by atoms with Gasteiger partial charge >= 0.3 is 0 Å². The van der Waals surface area contributed by atoms with Crippen LogP contribution in [-0.4, -0.2) is 55.1 Å². The van der Waals surface area contributed by atoms with E-state index in [1.54, 1.807) is 0 Å². The molecule has 0 saturated heterocycles. The monoisotopic (exact) mass is 241 g/mol. The van der Waals surface area contributed by atoms with Crippen molar-refractivity contribution in [3.8, 4) is 0 Å². The topological polar surface area (TPSA) is 32.5 Å². The number of rotatable bonds is 5. The van der Waals surface area contributed by atoms with Gasteiger partial charge < -0.3 is 10.6 Å². The Kier molecular flexibility index (Phi) is 6.45. The van der Waals surface area contributed by atoms with E-state index in [0.29, 0.717) is 18.1 Å². The van der Waals surface area contributed by atoms with Crippen LogP contribution in [0.25, 0.3) is 0 Å². The molecule has 0 amide bonds. The van der Waals surface area contributed by atoms with Crippen molar-refractivity contribution in [2.75, 3.05) is 27.2 Å². The molecule has 17 heavy (non-hydrogen) atoms. The van der Waals surface area contributed by atoms with E-state index in [4.69, 9.17) is 5.73 Å². The smallest absolute Gasteiger partial charge is 0.0250 e. The second kappa shape index (κ2) is 7.34. The zero-order chi connectivity index (χ0) is 12.8. The van der Waals surface area contributed by atoms with Crippen molar-refractivity contribution in [1.82, 2.24) is 9.80 Å². The molecule has 2 N–H and O–H groups in total. The molecule has 0 heterocycles. The van der Waals surface area contributed by atoms with Gasteiger partial charge in [0.1, 0.15) is 0 Å². The lowest BCUT2D eigenvalue weighted by Crippen LogP contribution is -2.53. The molecule has 3 nitrogen and oxygen atoms in total. The van der Waals surface area contributed by atoms with Crippen LogP contribution in [0.2, 0.25) is 0 Å². The zero-order valence-electron chi connectivity index (χ0n) is 12.2. The Balaban J connectivity index is 2.62. The van der Waals surface area contributed by atoms with Gasteiger partial charge in [0.05, 0.1) is 0 Å². The average Bonchev–Trinajstić information content (AvgIpc) is 2.44. The molecular formula is C14H31N3. The second-order valence-electron chi connectivity index (χ2n) is 5.81. The predicted molar refractivity (Wildman–Crippen MR) is 75.2 cm³/mol. The molecule has 1 saturated carbocycles. The quantitative estimate of drug-likeness (QED) is 0.746. The van der Waals surface area contributed by atoms with Crippen LogP contribution < -0.4 is 5.73 Å². The van der Waals surface area contributed by atoms with Crippen molar-refractivity contribution in [3.63, 3.8) is 0 Å². The Morgan fingerprint density at radius 3 is 2.41 bits per heavy atom. The van der Waals surface area contributed by atoms with Crippen molar-refractivity contribution in [3.05, 3.63) is 0 Å². The highest BCUT2D eigenvalue weighted by Gasteiger charge is 2.28. The molecule has 1 aliphatic rings. The molecule has 3 atom stereocenters. The van der Waals surface area contributed by atoms with E-state index in [1.165, 1.54) is 32.1 Å². The molecule has 1 rings (SSSR count). The number of hydrogen-bond donors (Lipinski definition) is 1. The fourth-order valence-electron chi connectivity index (χ4n) is 3.23. The molecule has 0 aliphatic heterocycles. The summed E-state index contributed by atoms with van der Waals surface area (Å²) in [6, 6.07) is 1.57. The summed E-state index contributed by atoms with van der Waals surface area (Å²) in [7, 11) is 4.30. The molecule has 3 unspecified atom stereocenters. The minimum atomic E-state index is 0.377. The van der Waals surface area contributed by atoms with Crippen LogP contribution in [0, 0.1) is 0 Å². The first-order valence-corrected chi connectivity index (χ1v) is 7.22. The third-order valence-corrected chi connectivity index (χ3v) is 4.02. The molecule has 3 heteroatoms. The Hall–Kier alpha value is -0.120. The lowest BCUT2D eigenvalue weighted by atomic mass is 10.0. The second-order valence-corrected chi connectivity index (χ2v) is 5.81. The van der Waals surface area contributed by atoms with Crippen LogP contribution in [0.15, 0.2) is 0 Å². The van der Waals surface area contributed by atoms with Crippen LogP contribution >= 0.6 is 0 Å². The molecule has 0 bridgehead atoms. The Morgan fingerprint density at radius 1 is 1.18 bits per heavy atom. The molecule has 1 aliphatic carbocycles. The molecule has 0 spiro atoms. The lowest BCUT2D eigenvalue weighted by Gasteiger charge is -2.39. The highest BCUT2D eigenvalue weighted by molar-refractivity contribution is 4.87. The summed E-state index contributed by atoms with van der Waals surface area (Å²) in [4.78, 5) is 4.89. The van der Waals surface area contributed by atoms with E-state index in [2.05, 4.69) is 37.7 Å². The number of nitrogens with two attached hydrogens (primary N) is 1. The summed E-state index contributed by atoms with van der Waals surface area (Å²) in [5.41, 5.74) is 6.37. The first-order chi connectivity index (χ1) is 8.06. The summed E-state index contributed by atoms with van der Waals surface area (Å²) < 4.78 is 0. The summed E-state index contributed by atoms with van der Waals surface area (Å²) >= 11 is 0. The van der Waals surface area contributed by atoms with Crippen LogP contribution in [-0.2, 0) is 0 Å². The van der Waals surface area contributed by atoms with E-state index < -0.39 is 0 Å². The summed E-state index contributed by atoms with van der Waals surface area (Å²) in [6.45, 7) is 6.84. The van der Waals surface area contributed by atoms with Crippen LogP contribution in [0.3, 0.4) is 0 Å². The standard InChI is InChI=1S/C14H31N3/c1-5-17(12(2)11-16(3)4)14-10-8-6-7-9-13(14)15/h12-14H,5-11,15H2,1-4H3. The van der Waals surface area contributed by atoms with E-state index in [0.717, 1.165) is 13.1 Å². The summed E-state index contributed by atoms with van der Waals surface area (Å²) in [5, 5.41) is 0. The van der Waals surface area contributed by atoms with Crippen molar-refractivity contribution < 1.29 is 0 Å². The minimum absolute atomic E-state index is 0.377. The molecule has 102 valence electrons. The number of nitrogens with zero attached hydrogens (tertiary/aromatic N) is 2. The fraction of sp³-hybridized carbons (Fsp3) is 1.00. The van der Waals surface area contributed by atoms with Gasteiger partial charge in [-0.3, -0.25) is 4.90 Å².